The fraction of sp³-hybridized carbons (Fsp3) is 0.333. The number of carbonyl (C=O) groups is 1. The van der Waals surface area contributed by atoms with Gasteiger partial charge in [-0.1, -0.05) is 36.2 Å². The number of benzene rings is 1. The Bertz CT molecular complexity index is 689. The lowest BCUT2D eigenvalue weighted by atomic mass is 10.1. The van der Waals surface area contributed by atoms with Crippen LogP contribution in [-0.2, 0) is 6.42 Å². The van der Waals surface area contributed by atoms with Gasteiger partial charge in [-0.3, -0.25) is 4.79 Å². The molecule has 2 aromatic rings. The minimum Gasteiger partial charge on any atom is -0.381 e. The van der Waals surface area contributed by atoms with Gasteiger partial charge in [-0.2, -0.15) is 0 Å². The molecular weight excluding hydrogens is 345 g/mol. The van der Waals surface area contributed by atoms with Crippen LogP contribution in [0.25, 0.3) is 0 Å². The number of hydrogen-bond acceptors (Lipinski definition) is 3. The molecule has 0 spiro atoms. The lowest BCUT2D eigenvalue weighted by Crippen LogP contribution is -2.26. The molecule has 2 N–H and O–H groups in total. The van der Waals surface area contributed by atoms with Crippen LogP contribution in [0.5, 0.6) is 0 Å². The highest BCUT2D eigenvalue weighted by atomic mass is 35.5. The Kier molecular flexibility index (Phi) is 6.88. The zero-order valence-electron chi connectivity index (χ0n) is 13.8. The normalized spacial score (nSPS) is 11.8. The lowest BCUT2D eigenvalue weighted by molar-refractivity contribution is 0.0949. The minimum absolute atomic E-state index is 0.199. The molecule has 24 heavy (non-hydrogen) atoms. The summed E-state index contributed by atoms with van der Waals surface area (Å²) in [7, 11) is 0. The first-order valence-electron chi connectivity index (χ1n) is 7.94. The second-order valence-electron chi connectivity index (χ2n) is 5.63. The number of pyridine rings is 1. The molecular formula is C18H21Cl2N3O. The monoisotopic (exact) mass is 365 g/mol. The van der Waals surface area contributed by atoms with Crippen LogP contribution in [0, 0.1) is 0 Å². The molecule has 1 aromatic heterocycles. The van der Waals surface area contributed by atoms with E-state index in [2.05, 4.69) is 29.5 Å². The summed E-state index contributed by atoms with van der Waals surface area (Å²) in [6.07, 6.45) is 3.34. The summed E-state index contributed by atoms with van der Waals surface area (Å²) >= 11 is 12.0. The number of anilines is 1. The predicted octanol–water partition coefficient (Wildman–Crippen LogP) is 4.57. The molecule has 0 saturated carbocycles. The van der Waals surface area contributed by atoms with Gasteiger partial charge in [0.15, 0.2) is 0 Å². The van der Waals surface area contributed by atoms with Gasteiger partial charge in [0.2, 0.25) is 0 Å². The second-order valence-corrected chi connectivity index (χ2v) is 6.47. The Morgan fingerprint density at radius 1 is 1.25 bits per heavy atom. The molecule has 0 aliphatic carbocycles. The van der Waals surface area contributed by atoms with Crippen molar-refractivity contribution in [3.8, 4) is 0 Å². The average molecular weight is 366 g/mol. The van der Waals surface area contributed by atoms with Crippen LogP contribution in [-0.4, -0.2) is 23.5 Å². The van der Waals surface area contributed by atoms with Crippen molar-refractivity contribution >= 4 is 34.8 Å². The minimum atomic E-state index is -0.199. The van der Waals surface area contributed by atoms with Crippen molar-refractivity contribution in [1.82, 2.24) is 10.3 Å². The van der Waals surface area contributed by atoms with Gasteiger partial charge in [0, 0.05) is 22.6 Å². The molecule has 0 radical (unpaired) electrons. The van der Waals surface area contributed by atoms with Gasteiger partial charge >= 0.3 is 0 Å². The van der Waals surface area contributed by atoms with E-state index < -0.39 is 0 Å². The number of hydrogen-bond donors (Lipinski definition) is 2. The maximum atomic E-state index is 12.1. The van der Waals surface area contributed by atoms with Crippen LogP contribution < -0.4 is 10.6 Å². The largest absolute Gasteiger partial charge is 0.381 e. The van der Waals surface area contributed by atoms with Crippen LogP contribution in [0.3, 0.4) is 0 Å². The smallest absolute Gasteiger partial charge is 0.269 e. The molecule has 0 bridgehead atoms. The first-order chi connectivity index (χ1) is 11.5. The SMILES string of the molecule is CCC(C)Nc1ccc(C(=O)NCCc2ccc(Cl)cc2Cl)nc1. The fourth-order valence-electron chi connectivity index (χ4n) is 2.13. The molecule has 128 valence electrons. The van der Waals surface area contributed by atoms with Gasteiger partial charge in [-0.25, -0.2) is 4.98 Å². The molecule has 6 heteroatoms. The van der Waals surface area contributed by atoms with E-state index in [-0.39, 0.29) is 5.91 Å². The van der Waals surface area contributed by atoms with Crippen molar-refractivity contribution in [3.63, 3.8) is 0 Å². The second kappa shape index (κ2) is 8.90. The van der Waals surface area contributed by atoms with Crippen molar-refractivity contribution in [2.75, 3.05) is 11.9 Å². The summed E-state index contributed by atoms with van der Waals surface area (Å²) in [6, 6.07) is 9.31. The molecule has 1 heterocycles. The van der Waals surface area contributed by atoms with E-state index in [0.717, 1.165) is 17.7 Å². The predicted molar refractivity (Wildman–Crippen MR) is 100 cm³/mol. The van der Waals surface area contributed by atoms with Gasteiger partial charge in [0.05, 0.1) is 11.9 Å². The maximum absolute atomic E-state index is 12.1. The third kappa shape index (κ3) is 5.39. The molecule has 0 aliphatic heterocycles. The van der Waals surface area contributed by atoms with E-state index in [9.17, 15) is 4.79 Å². The van der Waals surface area contributed by atoms with Crippen molar-refractivity contribution in [3.05, 3.63) is 57.8 Å². The molecule has 1 amide bonds. The first kappa shape index (κ1) is 18.6. The van der Waals surface area contributed by atoms with Crippen LogP contribution in [0.15, 0.2) is 36.5 Å². The third-order valence-corrected chi connectivity index (χ3v) is 4.30. The third-order valence-electron chi connectivity index (χ3n) is 3.72. The Labute approximate surface area is 152 Å². The summed E-state index contributed by atoms with van der Waals surface area (Å²) in [5, 5.41) is 7.37. The number of nitrogens with zero attached hydrogens (tertiary/aromatic N) is 1. The highest BCUT2D eigenvalue weighted by molar-refractivity contribution is 6.35. The number of rotatable bonds is 7. The van der Waals surface area contributed by atoms with E-state index in [4.69, 9.17) is 23.2 Å². The molecule has 0 saturated heterocycles. The molecule has 4 nitrogen and oxygen atoms in total. The van der Waals surface area contributed by atoms with Gasteiger partial charge in [-0.15, -0.1) is 0 Å². The number of aromatic nitrogens is 1. The first-order valence-corrected chi connectivity index (χ1v) is 8.70. The van der Waals surface area contributed by atoms with Crippen molar-refractivity contribution in [2.45, 2.75) is 32.7 Å². The van der Waals surface area contributed by atoms with Gasteiger partial charge in [0.1, 0.15) is 5.69 Å². The van der Waals surface area contributed by atoms with Crippen molar-refractivity contribution in [2.24, 2.45) is 0 Å². The lowest BCUT2D eigenvalue weighted by Gasteiger charge is -2.12. The van der Waals surface area contributed by atoms with E-state index in [0.29, 0.717) is 34.7 Å². The van der Waals surface area contributed by atoms with Crippen LogP contribution in [0.2, 0.25) is 10.0 Å². The summed E-state index contributed by atoms with van der Waals surface area (Å²) in [5.41, 5.74) is 2.25. The summed E-state index contributed by atoms with van der Waals surface area (Å²) in [6.45, 7) is 4.69. The number of halogens is 2. The zero-order chi connectivity index (χ0) is 17.5. The Morgan fingerprint density at radius 2 is 2.04 bits per heavy atom. The summed E-state index contributed by atoms with van der Waals surface area (Å²) in [4.78, 5) is 16.3. The van der Waals surface area contributed by atoms with Crippen LogP contribution in [0.1, 0.15) is 36.3 Å². The molecule has 2 rings (SSSR count). The standard InChI is InChI=1S/C18H21Cl2N3O/c1-3-12(2)23-15-6-7-17(22-11-15)18(24)21-9-8-13-4-5-14(19)10-16(13)20/h4-7,10-12,23H,3,8-9H2,1-2H3,(H,21,24). The number of amides is 1. The molecule has 0 fully saturated rings. The van der Waals surface area contributed by atoms with Gasteiger partial charge in [0.25, 0.3) is 5.91 Å². The van der Waals surface area contributed by atoms with Crippen LogP contribution >= 0.6 is 23.2 Å². The highest BCUT2D eigenvalue weighted by Gasteiger charge is 2.08. The quantitative estimate of drug-likeness (QED) is 0.755. The van der Waals surface area contributed by atoms with Gasteiger partial charge in [-0.05, 0) is 49.6 Å². The Balaban J connectivity index is 1.86. The highest BCUT2D eigenvalue weighted by Crippen LogP contribution is 2.21. The van der Waals surface area contributed by atoms with Crippen molar-refractivity contribution < 1.29 is 4.79 Å². The molecule has 0 aliphatic rings. The molecule has 1 unspecified atom stereocenters. The maximum Gasteiger partial charge on any atom is 0.269 e. The average Bonchev–Trinajstić information content (AvgIpc) is 2.57. The zero-order valence-corrected chi connectivity index (χ0v) is 15.3. The van der Waals surface area contributed by atoms with E-state index >= 15 is 0 Å². The topological polar surface area (TPSA) is 54.0 Å². The molecule has 1 aromatic carbocycles. The number of carbonyl (C=O) groups excluding carboxylic acids is 1. The van der Waals surface area contributed by atoms with Gasteiger partial charge < -0.3 is 10.6 Å². The number of nitrogens with one attached hydrogen (secondary N) is 2. The van der Waals surface area contributed by atoms with E-state index in [1.54, 1.807) is 24.4 Å². The van der Waals surface area contributed by atoms with E-state index in [1.807, 2.05) is 12.1 Å². The summed E-state index contributed by atoms with van der Waals surface area (Å²) in [5.74, 6) is -0.199. The van der Waals surface area contributed by atoms with Crippen LogP contribution in [0.4, 0.5) is 5.69 Å². The Hall–Kier alpha value is -1.78. The fourth-order valence-corrected chi connectivity index (χ4v) is 2.63. The van der Waals surface area contributed by atoms with Crippen molar-refractivity contribution in [1.29, 1.82) is 0 Å². The Morgan fingerprint density at radius 3 is 2.67 bits per heavy atom. The molecule has 1 atom stereocenters. The summed E-state index contributed by atoms with van der Waals surface area (Å²) < 4.78 is 0. The van der Waals surface area contributed by atoms with E-state index in [1.165, 1.54) is 0 Å².